The lowest BCUT2D eigenvalue weighted by Gasteiger charge is -2.22. The number of hydrogen-bond donors (Lipinski definition) is 1. The average Bonchev–Trinajstić information content (AvgIpc) is 2.48. The maximum absolute atomic E-state index is 11.9. The smallest absolute Gasteiger partial charge is 0.331 e. The molecule has 0 saturated carbocycles. The Morgan fingerprint density at radius 2 is 1.86 bits per heavy atom. The van der Waals surface area contributed by atoms with Gasteiger partial charge in [0.25, 0.3) is 11.8 Å². The monoisotopic (exact) mass is 288 g/mol. The second-order valence-corrected chi connectivity index (χ2v) is 4.60. The minimum Gasteiger partial charge on any atom is -0.494 e. The van der Waals surface area contributed by atoms with Gasteiger partial charge in [0.2, 0.25) is 0 Å². The Morgan fingerprint density at radius 3 is 2.48 bits per heavy atom. The molecule has 0 spiro atoms. The number of carbonyl (C=O) groups excluding carboxylic acids is 3. The highest BCUT2D eigenvalue weighted by atomic mass is 16.5. The van der Waals surface area contributed by atoms with E-state index in [1.54, 1.807) is 24.3 Å². The quantitative estimate of drug-likeness (QED) is 0.674. The summed E-state index contributed by atoms with van der Waals surface area (Å²) >= 11 is 0. The molecule has 1 fully saturated rings. The molecule has 1 N–H and O–H groups in total. The largest absolute Gasteiger partial charge is 0.494 e. The summed E-state index contributed by atoms with van der Waals surface area (Å²) in [6.07, 6.45) is 2.37. The lowest BCUT2D eigenvalue weighted by Crippen LogP contribution is -2.52. The summed E-state index contributed by atoms with van der Waals surface area (Å²) < 4.78 is 5.45. The van der Waals surface area contributed by atoms with Crippen LogP contribution in [0.15, 0.2) is 29.8 Å². The van der Waals surface area contributed by atoms with E-state index in [0.717, 1.165) is 17.1 Å². The molecule has 1 aromatic carbocycles. The second-order valence-electron chi connectivity index (χ2n) is 4.60. The normalized spacial score (nSPS) is 17.1. The zero-order valence-corrected chi connectivity index (χ0v) is 11.9. The molecule has 0 bridgehead atoms. The topological polar surface area (TPSA) is 75.7 Å². The number of nitrogens with zero attached hydrogens (tertiary/aromatic N) is 1. The molecule has 21 heavy (non-hydrogen) atoms. The van der Waals surface area contributed by atoms with Crippen LogP contribution in [-0.2, 0) is 9.59 Å². The minimum atomic E-state index is -0.717. The molecule has 1 aliphatic rings. The van der Waals surface area contributed by atoms with Crippen molar-refractivity contribution >= 4 is 23.9 Å². The van der Waals surface area contributed by atoms with Gasteiger partial charge in [-0.15, -0.1) is 0 Å². The van der Waals surface area contributed by atoms with E-state index >= 15 is 0 Å². The van der Waals surface area contributed by atoms with Crippen LogP contribution in [-0.4, -0.2) is 36.4 Å². The van der Waals surface area contributed by atoms with Gasteiger partial charge in [-0.1, -0.05) is 19.1 Å². The number of imide groups is 2. The first-order chi connectivity index (χ1) is 10.0. The number of benzene rings is 1. The molecule has 1 aliphatic heterocycles. The first kappa shape index (κ1) is 14.8. The van der Waals surface area contributed by atoms with Crippen molar-refractivity contribution in [2.45, 2.75) is 13.3 Å². The van der Waals surface area contributed by atoms with Gasteiger partial charge in [-0.05, 0) is 30.2 Å². The third-order valence-corrected chi connectivity index (χ3v) is 2.97. The van der Waals surface area contributed by atoms with E-state index in [9.17, 15) is 14.4 Å². The van der Waals surface area contributed by atoms with Gasteiger partial charge in [0, 0.05) is 7.05 Å². The van der Waals surface area contributed by atoms with Gasteiger partial charge in [0.05, 0.1) is 6.61 Å². The Morgan fingerprint density at radius 1 is 1.19 bits per heavy atom. The zero-order chi connectivity index (χ0) is 15.4. The minimum absolute atomic E-state index is 0.0701. The molecule has 110 valence electrons. The van der Waals surface area contributed by atoms with Gasteiger partial charge in [-0.3, -0.25) is 19.8 Å². The van der Waals surface area contributed by atoms with Gasteiger partial charge in [-0.2, -0.15) is 0 Å². The summed E-state index contributed by atoms with van der Waals surface area (Å²) in [5.41, 5.74) is 0.611. The highest BCUT2D eigenvalue weighted by Gasteiger charge is 2.32. The molecule has 1 aromatic rings. The highest BCUT2D eigenvalue weighted by molar-refractivity contribution is 6.30. The van der Waals surface area contributed by atoms with Gasteiger partial charge in [-0.25, -0.2) is 4.79 Å². The Bertz CT molecular complexity index is 605. The molecule has 1 heterocycles. The van der Waals surface area contributed by atoms with Crippen molar-refractivity contribution in [1.29, 1.82) is 0 Å². The van der Waals surface area contributed by atoms with E-state index in [1.165, 1.54) is 13.1 Å². The van der Waals surface area contributed by atoms with Crippen LogP contribution in [0.4, 0.5) is 4.79 Å². The van der Waals surface area contributed by atoms with E-state index < -0.39 is 17.8 Å². The third-order valence-electron chi connectivity index (χ3n) is 2.97. The van der Waals surface area contributed by atoms with Crippen molar-refractivity contribution in [3.8, 4) is 5.75 Å². The highest BCUT2D eigenvalue weighted by Crippen LogP contribution is 2.17. The molecular weight excluding hydrogens is 272 g/mol. The van der Waals surface area contributed by atoms with Crippen molar-refractivity contribution in [3.63, 3.8) is 0 Å². The number of ether oxygens (including phenoxy) is 1. The van der Waals surface area contributed by atoms with Crippen molar-refractivity contribution in [2.75, 3.05) is 13.7 Å². The van der Waals surface area contributed by atoms with Crippen molar-refractivity contribution < 1.29 is 19.1 Å². The summed E-state index contributed by atoms with van der Waals surface area (Å²) in [6, 6.07) is 6.30. The predicted molar refractivity (Wildman–Crippen MR) is 76.5 cm³/mol. The molecule has 0 aromatic heterocycles. The molecule has 6 heteroatoms. The lowest BCUT2D eigenvalue weighted by molar-refractivity contribution is -0.129. The molecule has 4 amide bonds. The first-order valence-electron chi connectivity index (χ1n) is 6.61. The average molecular weight is 288 g/mol. The number of amides is 4. The summed E-state index contributed by atoms with van der Waals surface area (Å²) in [4.78, 5) is 35.8. The Hall–Kier alpha value is -2.63. The van der Waals surface area contributed by atoms with E-state index in [0.29, 0.717) is 12.2 Å². The fraction of sp³-hybridized carbons (Fsp3) is 0.267. The van der Waals surface area contributed by atoms with E-state index in [-0.39, 0.29) is 5.57 Å². The number of barbiturate groups is 1. The summed E-state index contributed by atoms with van der Waals surface area (Å²) in [5, 5.41) is 2.10. The van der Waals surface area contributed by atoms with Gasteiger partial charge in [0.1, 0.15) is 11.3 Å². The molecule has 0 unspecified atom stereocenters. The first-order valence-corrected chi connectivity index (χ1v) is 6.61. The summed E-state index contributed by atoms with van der Waals surface area (Å²) in [5.74, 6) is -0.574. The molecule has 0 aliphatic carbocycles. The lowest BCUT2D eigenvalue weighted by atomic mass is 10.1. The number of hydrogen-bond acceptors (Lipinski definition) is 4. The number of carbonyl (C=O) groups is 3. The van der Waals surface area contributed by atoms with Crippen LogP contribution >= 0.6 is 0 Å². The van der Waals surface area contributed by atoms with Crippen LogP contribution in [0.5, 0.6) is 5.75 Å². The number of likely N-dealkylation sites (N-methyl/N-ethyl adjacent to an activating group) is 1. The molecule has 0 radical (unpaired) electrons. The van der Waals surface area contributed by atoms with Crippen LogP contribution in [0, 0.1) is 0 Å². The van der Waals surface area contributed by atoms with E-state index in [1.807, 2.05) is 6.92 Å². The number of nitrogens with one attached hydrogen (secondary N) is 1. The SMILES string of the molecule is CCCOc1ccc(/C=C2/C(=O)NC(=O)N(C)C2=O)cc1. The molecule has 1 saturated heterocycles. The standard InChI is InChI=1S/C15H16N2O4/c1-3-8-21-11-6-4-10(5-7-11)9-12-13(18)16-15(20)17(2)14(12)19/h4-7,9H,3,8H2,1-2H3,(H,16,18,20)/b12-9-. The van der Waals surface area contributed by atoms with Gasteiger partial charge < -0.3 is 4.74 Å². The summed E-state index contributed by atoms with van der Waals surface area (Å²) in [7, 11) is 1.32. The second kappa shape index (κ2) is 6.21. The van der Waals surface area contributed by atoms with Gasteiger partial charge in [0.15, 0.2) is 0 Å². The Kier molecular flexibility index (Phi) is 4.37. The molecule has 0 atom stereocenters. The maximum Gasteiger partial charge on any atom is 0.331 e. The third kappa shape index (κ3) is 3.28. The van der Waals surface area contributed by atoms with Crippen LogP contribution in [0.3, 0.4) is 0 Å². The predicted octanol–water partition coefficient (Wildman–Crippen LogP) is 1.57. The van der Waals surface area contributed by atoms with Crippen LogP contribution in [0.1, 0.15) is 18.9 Å². The van der Waals surface area contributed by atoms with Crippen molar-refractivity contribution in [2.24, 2.45) is 0 Å². The Balaban J connectivity index is 2.20. The van der Waals surface area contributed by atoms with E-state index in [4.69, 9.17) is 4.74 Å². The zero-order valence-electron chi connectivity index (χ0n) is 11.9. The Labute approximate surface area is 122 Å². The van der Waals surface area contributed by atoms with Gasteiger partial charge >= 0.3 is 6.03 Å². The molecule has 2 rings (SSSR count). The molecular formula is C15H16N2O4. The maximum atomic E-state index is 11.9. The van der Waals surface area contributed by atoms with E-state index in [2.05, 4.69) is 5.32 Å². The fourth-order valence-electron chi connectivity index (χ4n) is 1.79. The van der Waals surface area contributed by atoms with Crippen LogP contribution in [0.25, 0.3) is 6.08 Å². The number of urea groups is 1. The van der Waals surface area contributed by atoms with Crippen LogP contribution in [0.2, 0.25) is 0 Å². The van der Waals surface area contributed by atoms with Crippen molar-refractivity contribution in [1.82, 2.24) is 10.2 Å². The molecule has 6 nitrogen and oxygen atoms in total. The van der Waals surface area contributed by atoms with Crippen LogP contribution < -0.4 is 10.1 Å². The number of rotatable bonds is 4. The summed E-state index contributed by atoms with van der Waals surface area (Å²) in [6.45, 7) is 2.65. The fourth-order valence-corrected chi connectivity index (χ4v) is 1.79. The van der Waals surface area contributed by atoms with Crippen molar-refractivity contribution in [3.05, 3.63) is 35.4 Å².